The molecule has 0 saturated carbocycles. The third kappa shape index (κ3) is 3.70. The predicted molar refractivity (Wildman–Crippen MR) is 109 cm³/mol. The number of piperidine rings is 1. The largest absolute Gasteiger partial charge is 0.390 e. The van der Waals surface area contributed by atoms with Crippen molar-refractivity contribution in [2.45, 2.75) is 39.3 Å². The standard InChI is InChI=1S/C20H27N7O/c1-12(2)8-13-10-27(7-5-16(13)21)17-9-14(11-28)23-20(24-17)18-15-4-3-6-22-19(15)26-25-18/h3-4,6,9,12-13,16,28H,5,7-8,10-11,21H2,1-2H3,(H,22,25,26). The molecule has 2 atom stereocenters. The lowest BCUT2D eigenvalue weighted by molar-refractivity contribution is 0.276. The summed E-state index contributed by atoms with van der Waals surface area (Å²) in [5.74, 6) is 2.38. The summed E-state index contributed by atoms with van der Waals surface area (Å²) in [6.45, 7) is 6.04. The molecule has 4 heterocycles. The van der Waals surface area contributed by atoms with E-state index in [-0.39, 0.29) is 12.6 Å². The summed E-state index contributed by atoms with van der Waals surface area (Å²) in [6, 6.07) is 5.89. The number of pyridine rings is 1. The zero-order chi connectivity index (χ0) is 19.7. The molecule has 0 amide bonds. The van der Waals surface area contributed by atoms with Gasteiger partial charge in [0.25, 0.3) is 0 Å². The van der Waals surface area contributed by atoms with Crippen LogP contribution in [0, 0.1) is 11.8 Å². The molecule has 3 aromatic rings. The maximum absolute atomic E-state index is 9.74. The minimum absolute atomic E-state index is 0.143. The second kappa shape index (κ2) is 7.81. The fourth-order valence-corrected chi connectivity index (χ4v) is 3.97. The highest BCUT2D eigenvalue weighted by molar-refractivity contribution is 5.88. The van der Waals surface area contributed by atoms with E-state index in [1.54, 1.807) is 6.20 Å². The van der Waals surface area contributed by atoms with Gasteiger partial charge in [-0.3, -0.25) is 5.10 Å². The number of fused-ring (bicyclic) bond motifs is 1. The van der Waals surface area contributed by atoms with Crippen molar-refractivity contribution >= 4 is 16.9 Å². The van der Waals surface area contributed by atoms with Gasteiger partial charge in [0, 0.05) is 36.8 Å². The summed E-state index contributed by atoms with van der Waals surface area (Å²) in [7, 11) is 0. The van der Waals surface area contributed by atoms with E-state index < -0.39 is 0 Å². The van der Waals surface area contributed by atoms with Crippen molar-refractivity contribution in [3.05, 3.63) is 30.1 Å². The quantitative estimate of drug-likeness (QED) is 0.619. The number of hydrogen-bond acceptors (Lipinski definition) is 7. The first kappa shape index (κ1) is 18.8. The topological polar surface area (TPSA) is 117 Å². The molecular formula is C20H27N7O. The Morgan fingerprint density at radius 2 is 2.21 bits per heavy atom. The van der Waals surface area contributed by atoms with E-state index in [2.05, 4.69) is 38.9 Å². The third-order valence-corrected chi connectivity index (χ3v) is 5.37. The van der Waals surface area contributed by atoms with E-state index in [0.717, 1.165) is 37.1 Å². The van der Waals surface area contributed by atoms with Gasteiger partial charge < -0.3 is 15.7 Å². The van der Waals surface area contributed by atoms with Crippen molar-refractivity contribution in [2.75, 3.05) is 18.0 Å². The van der Waals surface area contributed by atoms with Gasteiger partial charge >= 0.3 is 0 Å². The SMILES string of the molecule is CC(C)CC1CN(c2cc(CO)nc(-c3[nH]nc4ncccc34)n2)CCC1N. The van der Waals surface area contributed by atoms with Crippen molar-refractivity contribution in [1.82, 2.24) is 25.1 Å². The second-order valence-electron chi connectivity index (χ2n) is 7.96. The molecule has 1 saturated heterocycles. The zero-order valence-electron chi connectivity index (χ0n) is 16.3. The first-order chi connectivity index (χ1) is 13.5. The molecule has 8 nitrogen and oxygen atoms in total. The Morgan fingerprint density at radius 3 is 3.00 bits per heavy atom. The van der Waals surface area contributed by atoms with Crippen LogP contribution in [0.1, 0.15) is 32.4 Å². The van der Waals surface area contributed by atoms with Gasteiger partial charge in [-0.25, -0.2) is 15.0 Å². The molecule has 148 valence electrons. The molecule has 0 spiro atoms. The molecule has 0 aliphatic carbocycles. The molecule has 8 heteroatoms. The third-order valence-electron chi connectivity index (χ3n) is 5.37. The molecule has 0 radical (unpaired) electrons. The fourth-order valence-electron chi connectivity index (χ4n) is 3.97. The van der Waals surface area contributed by atoms with Gasteiger partial charge in [-0.15, -0.1) is 0 Å². The molecule has 4 rings (SSSR count). The summed E-state index contributed by atoms with van der Waals surface area (Å²) in [5, 5.41) is 17.8. The maximum atomic E-state index is 9.74. The number of aromatic nitrogens is 5. The number of rotatable bonds is 5. The summed E-state index contributed by atoms with van der Waals surface area (Å²) < 4.78 is 0. The Bertz CT molecular complexity index is 955. The van der Waals surface area contributed by atoms with Crippen LogP contribution >= 0.6 is 0 Å². The highest BCUT2D eigenvalue weighted by Gasteiger charge is 2.28. The van der Waals surface area contributed by atoms with Crippen LogP contribution in [-0.4, -0.2) is 49.4 Å². The van der Waals surface area contributed by atoms with E-state index in [4.69, 9.17) is 10.7 Å². The maximum Gasteiger partial charge on any atom is 0.181 e. The Balaban J connectivity index is 1.69. The van der Waals surface area contributed by atoms with Crippen LogP contribution < -0.4 is 10.6 Å². The van der Waals surface area contributed by atoms with Crippen molar-refractivity contribution in [3.8, 4) is 11.5 Å². The number of aliphatic hydroxyl groups is 1. The second-order valence-corrected chi connectivity index (χ2v) is 7.96. The van der Waals surface area contributed by atoms with Crippen LogP contribution in [0.4, 0.5) is 5.82 Å². The van der Waals surface area contributed by atoms with Gasteiger partial charge in [0.15, 0.2) is 11.5 Å². The van der Waals surface area contributed by atoms with Crippen molar-refractivity contribution in [3.63, 3.8) is 0 Å². The van der Waals surface area contributed by atoms with Crippen molar-refractivity contribution < 1.29 is 5.11 Å². The van der Waals surface area contributed by atoms with E-state index in [0.29, 0.717) is 34.7 Å². The molecule has 1 aliphatic heterocycles. The summed E-state index contributed by atoms with van der Waals surface area (Å²) in [5.41, 5.74) is 8.30. The normalized spacial score (nSPS) is 20.2. The molecule has 0 bridgehead atoms. The summed E-state index contributed by atoms with van der Waals surface area (Å²) >= 11 is 0. The van der Waals surface area contributed by atoms with Gasteiger partial charge in [0.05, 0.1) is 12.3 Å². The number of aromatic amines is 1. The van der Waals surface area contributed by atoms with Crippen molar-refractivity contribution in [1.29, 1.82) is 0 Å². The van der Waals surface area contributed by atoms with E-state index in [1.165, 1.54) is 0 Å². The Hall–Kier alpha value is -2.58. The number of anilines is 1. The first-order valence-corrected chi connectivity index (χ1v) is 9.84. The average Bonchev–Trinajstić information content (AvgIpc) is 3.13. The smallest absolute Gasteiger partial charge is 0.181 e. The Kier molecular flexibility index (Phi) is 5.23. The van der Waals surface area contributed by atoms with Gasteiger partial charge in [-0.2, -0.15) is 5.10 Å². The lowest BCUT2D eigenvalue weighted by Gasteiger charge is -2.38. The van der Waals surface area contributed by atoms with Gasteiger partial charge in [-0.05, 0) is 36.8 Å². The number of nitrogens with one attached hydrogen (secondary N) is 1. The number of nitrogens with two attached hydrogens (primary N) is 1. The minimum Gasteiger partial charge on any atom is -0.390 e. The number of H-pyrrole nitrogens is 1. The predicted octanol–water partition coefficient (Wildman–Crippen LogP) is 2.11. The molecule has 1 fully saturated rings. The molecule has 1 aliphatic rings. The molecule has 4 N–H and O–H groups in total. The summed E-state index contributed by atoms with van der Waals surface area (Å²) in [6.07, 6.45) is 3.73. The highest BCUT2D eigenvalue weighted by Crippen LogP contribution is 2.29. The van der Waals surface area contributed by atoms with E-state index in [1.807, 2.05) is 18.2 Å². The lowest BCUT2D eigenvalue weighted by Crippen LogP contribution is -2.48. The van der Waals surface area contributed by atoms with Crippen LogP contribution in [-0.2, 0) is 6.61 Å². The molecule has 2 unspecified atom stereocenters. The van der Waals surface area contributed by atoms with Crippen LogP contribution in [0.3, 0.4) is 0 Å². The van der Waals surface area contributed by atoms with E-state index >= 15 is 0 Å². The molecule has 3 aromatic heterocycles. The highest BCUT2D eigenvalue weighted by atomic mass is 16.3. The van der Waals surface area contributed by atoms with E-state index in [9.17, 15) is 5.11 Å². The average molecular weight is 381 g/mol. The Labute approximate surface area is 164 Å². The minimum atomic E-state index is -0.143. The van der Waals surface area contributed by atoms with Crippen LogP contribution in [0.5, 0.6) is 0 Å². The summed E-state index contributed by atoms with van der Waals surface area (Å²) in [4.78, 5) is 15.8. The van der Waals surface area contributed by atoms with Crippen molar-refractivity contribution in [2.24, 2.45) is 17.6 Å². The van der Waals surface area contributed by atoms with Crippen LogP contribution in [0.25, 0.3) is 22.6 Å². The monoisotopic (exact) mass is 381 g/mol. The molecular weight excluding hydrogens is 354 g/mol. The lowest BCUT2D eigenvalue weighted by atomic mass is 9.86. The first-order valence-electron chi connectivity index (χ1n) is 9.84. The van der Waals surface area contributed by atoms with Crippen LogP contribution in [0.15, 0.2) is 24.4 Å². The fraction of sp³-hybridized carbons (Fsp3) is 0.500. The van der Waals surface area contributed by atoms with Gasteiger partial charge in [-0.1, -0.05) is 13.8 Å². The number of nitrogens with zero attached hydrogens (tertiary/aromatic N) is 5. The Morgan fingerprint density at radius 1 is 1.36 bits per heavy atom. The molecule has 28 heavy (non-hydrogen) atoms. The zero-order valence-corrected chi connectivity index (χ0v) is 16.3. The number of aliphatic hydroxyl groups excluding tert-OH is 1. The van der Waals surface area contributed by atoms with Gasteiger partial charge in [0.1, 0.15) is 11.5 Å². The number of hydrogen-bond donors (Lipinski definition) is 3. The van der Waals surface area contributed by atoms with Crippen LogP contribution in [0.2, 0.25) is 0 Å². The van der Waals surface area contributed by atoms with Gasteiger partial charge in [0.2, 0.25) is 0 Å². The molecule has 0 aromatic carbocycles.